The Balaban J connectivity index is 3.11. The predicted molar refractivity (Wildman–Crippen MR) is 59.2 cm³/mol. The minimum Gasteiger partial charge on any atom is -0.508 e. The minimum absolute atomic E-state index is 0.0676. The van der Waals surface area contributed by atoms with Gasteiger partial charge in [0.05, 0.1) is 0 Å². The second-order valence-electron chi connectivity index (χ2n) is 2.90. The van der Waals surface area contributed by atoms with E-state index in [0.29, 0.717) is 5.56 Å². The molecule has 0 saturated heterocycles. The van der Waals surface area contributed by atoms with Crippen LogP contribution in [-0.2, 0) is 4.79 Å². The summed E-state index contributed by atoms with van der Waals surface area (Å²) >= 11 is 7.40. The van der Waals surface area contributed by atoms with E-state index in [1.54, 1.807) is 18.2 Å². The molecule has 0 heterocycles. The summed E-state index contributed by atoms with van der Waals surface area (Å²) in [6.07, 6.45) is 1.92. The number of carbonyl (C=O) groups excluding carboxylic acids is 1. The molecular formula is C10H11ClO2S. The number of thioether (sulfide) groups is 1. The summed E-state index contributed by atoms with van der Waals surface area (Å²) in [5.74, 6) is -0.0989. The number of hydrogen-bond donors (Lipinski definition) is 1. The Labute approximate surface area is 92.3 Å². The van der Waals surface area contributed by atoms with Crippen molar-refractivity contribution >= 4 is 29.1 Å². The highest BCUT2D eigenvalue weighted by atomic mass is 35.5. The lowest BCUT2D eigenvalue weighted by atomic mass is 10.1. The van der Waals surface area contributed by atoms with Crippen molar-refractivity contribution in [3.63, 3.8) is 0 Å². The molecule has 1 unspecified atom stereocenters. The fraction of sp³-hybridized carbons (Fsp3) is 0.300. The SMILES string of the molecule is CSc1ccc(O)c(C(Cl)C(C)=O)c1. The lowest BCUT2D eigenvalue weighted by Gasteiger charge is -2.09. The lowest BCUT2D eigenvalue weighted by molar-refractivity contribution is -0.116. The van der Waals surface area contributed by atoms with Gasteiger partial charge in [0.1, 0.15) is 11.1 Å². The van der Waals surface area contributed by atoms with Gasteiger partial charge in [0.15, 0.2) is 5.78 Å². The number of phenolic OH excluding ortho intramolecular Hbond substituents is 1. The van der Waals surface area contributed by atoms with Crippen LogP contribution in [0.3, 0.4) is 0 Å². The van der Waals surface area contributed by atoms with E-state index in [0.717, 1.165) is 4.90 Å². The molecule has 1 atom stereocenters. The van der Waals surface area contributed by atoms with Gasteiger partial charge >= 0.3 is 0 Å². The van der Waals surface area contributed by atoms with Crippen LogP contribution in [0.2, 0.25) is 0 Å². The lowest BCUT2D eigenvalue weighted by Crippen LogP contribution is -2.01. The van der Waals surface area contributed by atoms with Crippen molar-refractivity contribution in [1.29, 1.82) is 0 Å². The average Bonchev–Trinajstić information content (AvgIpc) is 2.17. The van der Waals surface area contributed by atoms with E-state index in [1.807, 2.05) is 6.26 Å². The van der Waals surface area contributed by atoms with Crippen molar-refractivity contribution in [3.8, 4) is 5.75 Å². The largest absolute Gasteiger partial charge is 0.508 e. The van der Waals surface area contributed by atoms with E-state index in [2.05, 4.69) is 0 Å². The maximum Gasteiger partial charge on any atom is 0.152 e. The van der Waals surface area contributed by atoms with Crippen LogP contribution in [0.25, 0.3) is 0 Å². The number of benzene rings is 1. The number of ketones is 1. The second kappa shape index (κ2) is 4.71. The van der Waals surface area contributed by atoms with Crippen LogP contribution in [0, 0.1) is 0 Å². The first kappa shape index (κ1) is 11.4. The van der Waals surface area contributed by atoms with Crippen LogP contribution in [0.4, 0.5) is 0 Å². The molecule has 0 spiro atoms. The molecule has 0 bridgehead atoms. The molecule has 0 saturated carbocycles. The molecule has 1 rings (SSSR count). The molecule has 1 aromatic rings. The number of carbonyl (C=O) groups is 1. The minimum atomic E-state index is -0.762. The van der Waals surface area contributed by atoms with E-state index in [1.165, 1.54) is 18.7 Å². The summed E-state index contributed by atoms with van der Waals surface area (Å²) in [4.78, 5) is 12.0. The normalized spacial score (nSPS) is 12.5. The fourth-order valence-corrected chi connectivity index (χ4v) is 1.71. The summed E-state index contributed by atoms with van der Waals surface area (Å²) < 4.78 is 0. The fourth-order valence-electron chi connectivity index (χ4n) is 1.08. The van der Waals surface area contributed by atoms with E-state index < -0.39 is 5.38 Å². The summed E-state index contributed by atoms with van der Waals surface area (Å²) in [5.41, 5.74) is 0.478. The Morgan fingerprint density at radius 2 is 2.21 bits per heavy atom. The quantitative estimate of drug-likeness (QED) is 0.641. The number of halogens is 1. The van der Waals surface area contributed by atoms with Crippen molar-refractivity contribution < 1.29 is 9.90 Å². The van der Waals surface area contributed by atoms with Crippen molar-refractivity contribution in [2.45, 2.75) is 17.2 Å². The molecule has 2 nitrogen and oxygen atoms in total. The Morgan fingerprint density at radius 3 is 2.71 bits per heavy atom. The zero-order chi connectivity index (χ0) is 10.7. The number of aromatic hydroxyl groups is 1. The second-order valence-corrected chi connectivity index (χ2v) is 4.21. The van der Waals surface area contributed by atoms with Gasteiger partial charge in [-0.1, -0.05) is 0 Å². The summed E-state index contributed by atoms with van der Waals surface area (Å²) in [6, 6.07) is 5.08. The monoisotopic (exact) mass is 230 g/mol. The van der Waals surface area contributed by atoms with Crippen LogP contribution in [0.15, 0.2) is 23.1 Å². The molecule has 1 aromatic carbocycles. The molecule has 0 aliphatic rings. The summed E-state index contributed by atoms with van der Waals surface area (Å²) in [7, 11) is 0. The molecule has 0 aliphatic heterocycles. The predicted octanol–water partition coefficient (Wildman–Crippen LogP) is 2.98. The molecule has 0 amide bonds. The molecule has 76 valence electrons. The summed E-state index contributed by atoms with van der Waals surface area (Å²) in [6.45, 7) is 1.41. The topological polar surface area (TPSA) is 37.3 Å². The number of alkyl halides is 1. The van der Waals surface area contributed by atoms with Crippen molar-refractivity contribution in [2.24, 2.45) is 0 Å². The van der Waals surface area contributed by atoms with Crippen molar-refractivity contribution in [2.75, 3.05) is 6.26 Å². The van der Waals surface area contributed by atoms with Gasteiger partial charge in [0.2, 0.25) is 0 Å². The zero-order valence-corrected chi connectivity index (χ0v) is 9.52. The molecule has 0 fully saturated rings. The third kappa shape index (κ3) is 2.42. The highest BCUT2D eigenvalue weighted by Crippen LogP contribution is 2.32. The Morgan fingerprint density at radius 1 is 1.57 bits per heavy atom. The number of rotatable bonds is 3. The van der Waals surface area contributed by atoms with Crippen LogP contribution >= 0.6 is 23.4 Å². The van der Waals surface area contributed by atoms with Crippen LogP contribution < -0.4 is 0 Å². The Bertz CT molecular complexity index is 352. The van der Waals surface area contributed by atoms with Gasteiger partial charge in [-0.15, -0.1) is 23.4 Å². The van der Waals surface area contributed by atoms with Gasteiger partial charge in [-0.2, -0.15) is 0 Å². The van der Waals surface area contributed by atoms with E-state index in [9.17, 15) is 9.90 Å². The first-order valence-electron chi connectivity index (χ1n) is 4.07. The standard InChI is InChI=1S/C10H11ClO2S/c1-6(12)10(11)8-5-7(14-2)3-4-9(8)13/h3-5,10,13H,1-2H3. The van der Waals surface area contributed by atoms with E-state index >= 15 is 0 Å². The Hall–Kier alpha value is -0.670. The highest BCUT2D eigenvalue weighted by Gasteiger charge is 2.17. The van der Waals surface area contributed by atoms with Gasteiger partial charge < -0.3 is 5.11 Å². The summed E-state index contributed by atoms with van der Waals surface area (Å²) in [5, 5.41) is 8.74. The Kier molecular flexibility index (Phi) is 3.84. The van der Waals surface area contributed by atoms with Gasteiger partial charge in [-0.3, -0.25) is 4.79 Å². The van der Waals surface area contributed by atoms with Crippen LogP contribution in [-0.4, -0.2) is 17.1 Å². The molecular weight excluding hydrogens is 220 g/mol. The van der Waals surface area contributed by atoms with E-state index in [4.69, 9.17) is 11.6 Å². The molecule has 1 N–H and O–H groups in total. The first-order valence-corrected chi connectivity index (χ1v) is 5.73. The molecule has 0 aromatic heterocycles. The van der Waals surface area contributed by atoms with Crippen LogP contribution in [0.5, 0.6) is 5.75 Å². The van der Waals surface area contributed by atoms with Gasteiger partial charge in [-0.05, 0) is 31.4 Å². The third-order valence-corrected chi connectivity index (χ3v) is 3.13. The maximum atomic E-state index is 11.0. The van der Waals surface area contributed by atoms with Gasteiger partial charge in [0.25, 0.3) is 0 Å². The number of phenols is 1. The number of Topliss-reactive ketones (excluding diaryl/α,β-unsaturated/α-hetero) is 1. The van der Waals surface area contributed by atoms with Gasteiger partial charge in [0, 0.05) is 10.5 Å². The number of hydrogen-bond acceptors (Lipinski definition) is 3. The first-order chi connectivity index (χ1) is 6.56. The highest BCUT2D eigenvalue weighted by molar-refractivity contribution is 7.98. The van der Waals surface area contributed by atoms with E-state index in [-0.39, 0.29) is 11.5 Å². The maximum absolute atomic E-state index is 11.0. The molecule has 0 aliphatic carbocycles. The zero-order valence-electron chi connectivity index (χ0n) is 7.95. The third-order valence-electron chi connectivity index (χ3n) is 1.86. The van der Waals surface area contributed by atoms with Gasteiger partial charge in [-0.25, -0.2) is 0 Å². The smallest absolute Gasteiger partial charge is 0.152 e. The molecule has 0 radical (unpaired) electrons. The molecule has 4 heteroatoms. The molecule has 14 heavy (non-hydrogen) atoms. The average molecular weight is 231 g/mol. The van der Waals surface area contributed by atoms with Crippen molar-refractivity contribution in [3.05, 3.63) is 23.8 Å². The van der Waals surface area contributed by atoms with Crippen molar-refractivity contribution in [1.82, 2.24) is 0 Å². The van der Waals surface area contributed by atoms with Crippen LogP contribution in [0.1, 0.15) is 17.9 Å².